The van der Waals surface area contributed by atoms with Crippen LogP contribution in [0.25, 0.3) is 0 Å². The van der Waals surface area contributed by atoms with Crippen molar-refractivity contribution in [1.82, 2.24) is 14.7 Å². The number of carbonyl (C=O) groups is 1. The minimum Gasteiger partial charge on any atom is -0.598 e. The van der Waals surface area contributed by atoms with Crippen LogP contribution >= 0.6 is 15.9 Å². The van der Waals surface area contributed by atoms with E-state index >= 15 is 0 Å². The predicted octanol–water partition coefficient (Wildman–Crippen LogP) is 3.15. The Morgan fingerprint density at radius 2 is 2.03 bits per heavy atom. The number of halogens is 1. The third-order valence-electron chi connectivity index (χ3n) is 6.07. The number of rotatable bonds is 5. The lowest BCUT2D eigenvalue weighted by Crippen LogP contribution is -2.56. The van der Waals surface area contributed by atoms with E-state index in [9.17, 15) is 9.35 Å². The second kappa shape index (κ2) is 9.51. The number of aromatic nitrogens is 2. The number of piperidine rings is 1. The lowest BCUT2D eigenvalue weighted by molar-refractivity contribution is 0.0519. The third-order valence-corrected chi connectivity index (χ3v) is 8.41. The number of nitrogens with one attached hydrogen (secondary N) is 1. The van der Waals surface area contributed by atoms with Gasteiger partial charge in [-0.05, 0) is 70.3 Å². The van der Waals surface area contributed by atoms with Crippen LogP contribution in [0.3, 0.4) is 0 Å². The molecule has 0 radical (unpaired) electrons. The zero-order chi connectivity index (χ0) is 23.0. The van der Waals surface area contributed by atoms with Gasteiger partial charge < -0.3 is 18.9 Å². The van der Waals surface area contributed by atoms with Gasteiger partial charge in [0.1, 0.15) is 9.35 Å². The van der Waals surface area contributed by atoms with E-state index < -0.39 is 17.3 Å². The molecule has 1 N–H and O–H groups in total. The average molecular weight is 517 g/mol. The molecule has 1 spiro atoms. The van der Waals surface area contributed by atoms with Crippen molar-refractivity contribution in [3.05, 3.63) is 16.0 Å². The molecule has 0 saturated carbocycles. The van der Waals surface area contributed by atoms with Crippen LogP contribution in [0.15, 0.2) is 4.60 Å². The van der Waals surface area contributed by atoms with Crippen LogP contribution in [-0.2, 0) is 20.8 Å². The van der Waals surface area contributed by atoms with E-state index in [4.69, 9.17) is 9.47 Å². The van der Waals surface area contributed by atoms with E-state index in [0.29, 0.717) is 30.1 Å². The summed E-state index contributed by atoms with van der Waals surface area (Å²) in [4.78, 5) is 23.7. The van der Waals surface area contributed by atoms with E-state index in [1.54, 1.807) is 6.92 Å². The molecular weight excluding hydrogens is 484 g/mol. The number of anilines is 1. The minimum atomic E-state index is -1.17. The van der Waals surface area contributed by atoms with Crippen LogP contribution in [-0.4, -0.2) is 63.7 Å². The first-order valence-electron chi connectivity index (χ1n) is 10.7. The van der Waals surface area contributed by atoms with Crippen molar-refractivity contribution in [2.75, 3.05) is 31.2 Å². The maximum atomic E-state index is 12.8. The van der Waals surface area contributed by atoms with Crippen molar-refractivity contribution >= 4 is 39.1 Å². The largest absolute Gasteiger partial charge is 0.598 e. The fourth-order valence-corrected chi connectivity index (χ4v) is 5.45. The predicted molar refractivity (Wildman–Crippen MR) is 125 cm³/mol. The molecular formula is C21H33BrN4O4S. The summed E-state index contributed by atoms with van der Waals surface area (Å²) in [5.74, 6) is 0.0904. The number of hydrogen-bond acceptors (Lipinski definition) is 8. The zero-order valence-corrected chi connectivity index (χ0v) is 21.6. The van der Waals surface area contributed by atoms with Crippen LogP contribution in [0, 0.1) is 12.3 Å². The monoisotopic (exact) mass is 516 g/mol. The number of nitrogens with zero attached hydrogens (tertiary/aromatic N) is 3. The molecule has 3 rings (SSSR count). The Bertz CT molecular complexity index is 811. The van der Waals surface area contributed by atoms with Gasteiger partial charge in [0.05, 0.1) is 31.1 Å². The minimum absolute atomic E-state index is 0.0111. The van der Waals surface area contributed by atoms with Gasteiger partial charge in [0.25, 0.3) is 0 Å². The SMILES string of the molecule is CCOC(=O)c1nc(Br)c(C)nc1N1CCC2(CC1)CO[C@@H](C)[C@H]2N[S+]([O-])C(C)(C)C. The van der Waals surface area contributed by atoms with Crippen LogP contribution < -0.4 is 9.62 Å². The highest BCUT2D eigenvalue weighted by atomic mass is 79.9. The standard InChI is InChI=1S/C21H33BrN4O4S/c1-7-29-19(27)15-18(23-13(2)17(22)24-15)26-10-8-21(9-11-26)12-30-14(3)16(21)25-31(28)20(4,5)6/h14,16,25H,7-12H2,1-6H3/t14-,16+,31?/m0/s1. The number of carbonyl (C=O) groups excluding carboxylic acids is 1. The summed E-state index contributed by atoms with van der Waals surface area (Å²) in [5.41, 5.74) is 0.856. The lowest BCUT2D eigenvalue weighted by atomic mass is 9.73. The molecule has 31 heavy (non-hydrogen) atoms. The molecule has 1 aromatic rings. The summed E-state index contributed by atoms with van der Waals surface area (Å²) >= 11 is 2.20. The van der Waals surface area contributed by atoms with E-state index in [-0.39, 0.29) is 34.6 Å². The first-order chi connectivity index (χ1) is 14.5. The van der Waals surface area contributed by atoms with Crippen molar-refractivity contribution in [3.63, 3.8) is 0 Å². The molecule has 8 nitrogen and oxygen atoms in total. The van der Waals surface area contributed by atoms with Crippen LogP contribution in [0.4, 0.5) is 5.82 Å². The molecule has 1 aromatic heterocycles. The Morgan fingerprint density at radius 3 is 2.61 bits per heavy atom. The maximum absolute atomic E-state index is 12.8. The van der Waals surface area contributed by atoms with Crippen molar-refractivity contribution < 1.29 is 18.8 Å². The third kappa shape index (κ3) is 5.19. The molecule has 2 aliphatic heterocycles. The Balaban J connectivity index is 1.80. The van der Waals surface area contributed by atoms with Gasteiger partial charge in [-0.1, -0.05) is 0 Å². The normalized spacial score (nSPS) is 24.5. The van der Waals surface area contributed by atoms with Crippen molar-refractivity contribution in [1.29, 1.82) is 0 Å². The van der Waals surface area contributed by atoms with Crippen LogP contribution in [0.5, 0.6) is 0 Å². The van der Waals surface area contributed by atoms with E-state index in [0.717, 1.165) is 18.5 Å². The average Bonchev–Trinajstić information content (AvgIpc) is 2.99. The molecule has 1 unspecified atom stereocenters. The molecule has 0 aliphatic carbocycles. The molecule has 174 valence electrons. The molecule has 2 saturated heterocycles. The molecule has 3 atom stereocenters. The summed E-state index contributed by atoms with van der Waals surface area (Å²) in [6, 6.07) is 0.0111. The Labute approximate surface area is 196 Å². The molecule has 10 heteroatoms. The van der Waals surface area contributed by atoms with Gasteiger partial charge in [0.2, 0.25) is 0 Å². The molecule has 3 heterocycles. The first-order valence-corrected chi connectivity index (χ1v) is 12.7. The summed E-state index contributed by atoms with van der Waals surface area (Å²) < 4.78 is 27.6. The Kier molecular flexibility index (Phi) is 7.57. The summed E-state index contributed by atoms with van der Waals surface area (Å²) in [5, 5.41) is 0. The van der Waals surface area contributed by atoms with Gasteiger partial charge in [0.15, 0.2) is 11.5 Å². The summed E-state index contributed by atoms with van der Waals surface area (Å²) in [6.45, 7) is 13.9. The van der Waals surface area contributed by atoms with E-state index in [2.05, 4.69) is 35.5 Å². The van der Waals surface area contributed by atoms with Gasteiger partial charge in [-0.3, -0.25) is 0 Å². The highest BCUT2D eigenvalue weighted by Gasteiger charge is 2.52. The topological polar surface area (TPSA) is 99.6 Å². The van der Waals surface area contributed by atoms with Gasteiger partial charge in [-0.15, -0.1) is 4.72 Å². The van der Waals surface area contributed by atoms with Gasteiger partial charge >= 0.3 is 5.97 Å². The fraction of sp³-hybridized carbons (Fsp3) is 0.762. The fourth-order valence-electron chi connectivity index (χ4n) is 4.16. The van der Waals surface area contributed by atoms with Crippen molar-refractivity contribution in [3.8, 4) is 0 Å². The highest BCUT2D eigenvalue weighted by molar-refractivity contribution is 9.10. The van der Waals surface area contributed by atoms with Crippen molar-refractivity contribution in [2.24, 2.45) is 5.41 Å². The van der Waals surface area contributed by atoms with E-state index in [1.807, 2.05) is 34.6 Å². The van der Waals surface area contributed by atoms with E-state index in [1.165, 1.54) is 0 Å². The second-order valence-corrected chi connectivity index (χ2v) is 12.1. The molecule has 0 bridgehead atoms. The van der Waals surface area contributed by atoms with Crippen LogP contribution in [0.2, 0.25) is 0 Å². The lowest BCUT2D eigenvalue weighted by Gasteiger charge is -2.43. The summed E-state index contributed by atoms with van der Waals surface area (Å²) in [7, 11) is 0. The van der Waals surface area contributed by atoms with Gasteiger partial charge in [0, 0.05) is 29.9 Å². The quantitative estimate of drug-likeness (QED) is 0.470. The second-order valence-electron chi connectivity index (χ2n) is 9.33. The number of esters is 1. The summed E-state index contributed by atoms with van der Waals surface area (Å²) in [6.07, 6.45) is 1.67. The zero-order valence-electron chi connectivity index (χ0n) is 19.2. The number of ether oxygens (including phenoxy) is 2. The number of aryl methyl sites for hydroxylation is 1. The van der Waals surface area contributed by atoms with Gasteiger partial charge in [-0.25, -0.2) is 14.8 Å². The van der Waals surface area contributed by atoms with Gasteiger partial charge in [-0.2, -0.15) is 0 Å². The highest BCUT2D eigenvalue weighted by Crippen LogP contribution is 2.44. The Hall–Kier alpha value is -0.940. The molecule has 2 fully saturated rings. The molecule has 2 aliphatic rings. The van der Waals surface area contributed by atoms with Crippen molar-refractivity contribution in [2.45, 2.75) is 71.3 Å². The number of hydrogen-bond donors (Lipinski definition) is 1. The Morgan fingerprint density at radius 1 is 1.39 bits per heavy atom. The first kappa shape index (κ1) is 24.7. The smallest absolute Gasteiger partial charge is 0.360 e. The van der Waals surface area contributed by atoms with Crippen LogP contribution in [0.1, 0.15) is 63.6 Å². The molecule has 0 aromatic carbocycles. The maximum Gasteiger partial charge on any atom is 0.360 e. The molecule has 0 amide bonds.